The number of rotatable bonds is 5. The van der Waals surface area contributed by atoms with E-state index in [1.807, 2.05) is 26.0 Å². The SMILES string of the molecule is CC(C)Nc1cc(C(=O)Nc2ccc(N3CCCCC3)cc2)ncn1. The largest absolute Gasteiger partial charge is 0.372 e. The second kappa shape index (κ2) is 7.96. The summed E-state index contributed by atoms with van der Waals surface area (Å²) in [5.41, 5.74) is 2.32. The van der Waals surface area contributed by atoms with Gasteiger partial charge in [-0.25, -0.2) is 9.97 Å². The first kappa shape index (κ1) is 17.2. The molecule has 1 fully saturated rings. The summed E-state index contributed by atoms with van der Waals surface area (Å²) in [6, 6.07) is 9.91. The third-order valence-electron chi connectivity index (χ3n) is 4.18. The van der Waals surface area contributed by atoms with Crippen molar-refractivity contribution in [3.8, 4) is 0 Å². The first-order chi connectivity index (χ1) is 12.1. The molecule has 2 N–H and O–H groups in total. The van der Waals surface area contributed by atoms with E-state index >= 15 is 0 Å². The number of hydrogen-bond acceptors (Lipinski definition) is 5. The van der Waals surface area contributed by atoms with E-state index < -0.39 is 0 Å². The van der Waals surface area contributed by atoms with Gasteiger partial charge < -0.3 is 15.5 Å². The number of piperidine rings is 1. The zero-order valence-electron chi connectivity index (χ0n) is 14.8. The smallest absolute Gasteiger partial charge is 0.274 e. The minimum absolute atomic E-state index is 0.236. The standard InChI is InChI=1S/C19H25N5O/c1-14(2)22-18-12-17(20-13-21-18)19(25)23-15-6-8-16(9-7-15)24-10-4-3-5-11-24/h6-9,12-14H,3-5,10-11H2,1-2H3,(H,23,25)(H,20,21,22). The first-order valence-corrected chi connectivity index (χ1v) is 8.87. The van der Waals surface area contributed by atoms with Crippen LogP contribution in [0.5, 0.6) is 0 Å². The Labute approximate surface area is 148 Å². The van der Waals surface area contributed by atoms with Crippen molar-refractivity contribution in [3.05, 3.63) is 42.4 Å². The molecule has 1 aromatic heterocycles. The van der Waals surface area contributed by atoms with Crippen molar-refractivity contribution in [1.82, 2.24) is 9.97 Å². The lowest BCUT2D eigenvalue weighted by Gasteiger charge is -2.28. The molecular weight excluding hydrogens is 314 g/mol. The van der Waals surface area contributed by atoms with Crippen LogP contribution in [0, 0.1) is 0 Å². The van der Waals surface area contributed by atoms with E-state index in [4.69, 9.17) is 0 Å². The molecule has 1 saturated heterocycles. The van der Waals surface area contributed by atoms with Crippen molar-refractivity contribution >= 4 is 23.1 Å². The van der Waals surface area contributed by atoms with Crippen LogP contribution < -0.4 is 15.5 Å². The molecule has 25 heavy (non-hydrogen) atoms. The van der Waals surface area contributed by atoms with Gasteiger partial charge in [0.1, 0.15) is 17.8 Å². The molecule has 1 aliphatic rings. The van der Waals surface area contributed by atoms with Gasteiger partial charge in [-0.2, -0.15) is 0 Å². The van der Waals surface area contributed by atoms with Crippen LogP contribution in [0.4, 0.5) is 17.2 Å². The molecule has 0 radical (unpaired) electrons. The number of nitrogens with one attached hydrogen (secondary N) is 2. The van der Waals surface area contributed by atoms with Crippen molar-refractivity contribution < 1.29 is 4.79 Å². The molecule has 2 heterocycles. The van der Waals surface area contributed by atoms with Crippen molar-refractivity contribution in [2.75, 3.05) is 28.6 Å². The van der Waals surface area contributed by atoms with E-state index in [0.29, 0.717) is 11.5 Å². The fourth-order valence-electron chi connectivity index (χ4n) is 2.96. The molecule has 0 aliphatic carbocycles. The number of amides is 1. The maximum atomic E-state index is 12.4. The predicted molar refractivity (Wildman–Crippen MR) is 101 cm³/mol. The van der Waals surface area contributed by atoms with Crippen LogP contribution in [0.2, 0.25) is 0 Å². The average Bonchev–Trinajstić information content (AvgIpc) is 2.63. The lowest BCUT2D eigenvalue weighted by molar-refractivity contribution is 0.102. The summed E-state index contributed by atoms with van der Waals surface area (Å²) in [6.45, 7) is 6.26. The Morgan fingerprint density at radius 1 is 1.08 bits per heavy atom. The highest BCUT2D eigenvalue weighted by atomic mass is 16.1. The molecule has 1 aromatic carbocycles. The van der Waals surface area contributed by atoms with Crippen LogP contribution in [0.3, 0.4) is 0 Å². The fourth-order valence-corrected chi connectivity index (χ4v) is 2.96. The quantitative estimate of drug-likeness (QED) is 0.872. The second-order valence-corrected chi connectivity index (χ2v) is 6.64. The van der Waals surface area contributed by atoms with Crippen LogP contribution in [-0.2, 0) is 0 Å². The third-order valence-corrected chi connectivity index (χ3v) is 4.18. The number of carbonyl (C=O) groups is 1. The third kappa shape index (κ3) is 4.68. The molecule has 6 nitrogen and oxygen atoms in total. The monoisotopic (exact) mass is 339 g/mol. The summed E-state index contributed by atoms with van der Waals surface area (Å²) in [5, 5.41) is 6.06. The Bertz CT molecular complexity index is 708. The van der Waals surface area contributed by atoms with E-state index in [2.05, 4.69) is 37.6 Å². The Morgan fingerprint density at radius 2 is 1.80 bits per heavy atom. The minimum atomic E-state index is -0.236. The van der Waals surface area contributed by atoms with Gasteiger partial charge in [0, 0.05) is 36.6 Å². The number of aromatic nitrogens is 2. The van der Waals surface area contributed by atoms with Gasteiger partial charge in [0.2, 0.25) is 0 Å². The normalized spacial score (nSPS) is 14.4. The Kier molecular flexibility index (Phi) is 5.48. The summed E-state index contributed by atoms with van der Waals surface area (Å²) >= 11 is 0. The second-order valence-electron chi connectivity index (χ2n) is 6.64. The van der Waals surface area contributed by atoms with Gasteiger partial charge in [0.25, 0.3) is 5.91 Å². The lowest BCUT2D eigenvalue weighted by atomic mass is 10.1. The van der Waals surface area contributed by atoms with Crippen molar-refractivity contribution in [2.24, 2.45) is 0 Å². The van der Waals surface area contributed by atoms with Gasteiger partial charge in [0.05, 0.1) is 0 Å². The van der Waals surface area contributed by atoms with Crippen molar-refractivity contribution in [1.29, 1.82) is 0 Å². The molecule has 3 rings (SSSR count). The van der Waals surface area contributed by atoms with Gasteiger partial charge in [0.15, 0.2) is 0 Å². The maximum absolute atomic E-state index is 12.4. The van der Waals surface area contributed by atoms with Crippen molar-refractivity contribution in [2.45, 2.75) is 39.2 Å². The van der Waals surface area contributed by atoms with Crippen LogP contribution in [0.25, 0.3) is 0 Å². The highest BCUT2D eigenvalue weighted by Gasteiger charge is 2.12. The summed E-state index contributed by atoms with van der Waals surface area (Å²) in [5.74, 6) is 0.413. The van der Waals surface area contributed by atoms with Gasteiger partial charge >= 0.3 is 0 Å². The van der Waals surface area contributed by atoms with Crippen LogP contribution >= 0.6 is 0 Å². The van der Waals surface area contributed by atoms with E-state index in [0.717, 1.165) is 18.8 Å². The van der Waals surface area contributed by atoms with Crippen LogP contribution in [0.15, 0.2) is 36.7 Å². The highest BCUT2D eigenvalue weighted by molar-refractivity contribution is 6.03. The maximum Gasteiger partial charge on any atom is 0.274 e. The van der Waals surface area contributed by atoms with E-state index in [-0.39, 0.29) is 11.9 Å². The Morgan fingerprint density at radius 3 is 2.48 bits per heavy atom. The summed E-state index contributed by atoms with van der Waals surface area (Å²) in [4.78, 5) is 23.0. The molecule has 0 saturated carbocycles. The lowest BCUT2D eigenvalue weighted by Crippen LogP contribution is -2.29. The van der Waals surface area contributed by atoms with Crippen LogP contribution in [0.1, 0.15) is 43.6 Å². The topological polar surface area (TPSA) is 70.2 Å². The Hall–Kier alpha value is -2.63. The zero-order chi connectivity index (χ0) is 17.6. The zero-order valence-corrected chi connectivity index (χ0v) is 14.8. The molecule has 0 bridgehead atoms. The number of carbonyl (C=O) groups excluding carboxylic acids is 1. The van der Waals surface area contributed by atoms with Gasteiger partial charge in [-0.05, 0) is 57.4 Å². The van der Waals surface area contributed by atoms with Crippen LogP contribution in [-0.4, -0.2) is 35.0 Å². The number of nitrogens with zero attached hydrogens (tertiary/aromatic N) is 3. The minimum Gasteiger partial charge on any atom is -0.372 e. The molecule has 132 valence electrons. The number of hydrogen-bond donors (Lipinski definition) is 2. The van der Waals surface area contributed by atoms with E-state index in [1.54, 1.807) is 6.07 Å². The predicted octanol–water partition coefficient (Wildman–Crippen LogP) is 3.54. The van der Waals surface area contributed by atoms with E-state index in [1.165, 1.54) is 31.3 Å². The number of anilines is 3. The van der Waals surface area contributed by atoms with Gasteiger partial charge in [-0.3, -0.25) is 4.79 Å². The molecule has 2 aromatic rings. The van der Waals surface area contributed by atoms with Gasteiger partial charge in [-0.1, -0.05) is 0 Å². The van der Waals surface area contributed by atoms with E-state index in [9.17, 15) is 4.79 Å². The molecular formula is C19H25N5O. The average molecular weight is 339 g/mol. The summed E-state index contributed by atoms with van der Waals surface area (Å²) < 4.78 is 0. The highest BCUT2D eigenvalue weighted by Crippen LogP contribution is 2.22. The molecule has 6 heteroatoms. The molecule has 0 atom stereocenters. The van der Waals surface area contributed by atoms with Gasteiger partial charge in [-0.15, -0.1) is 0 Å². The molecule has 0 unspecified atom stereocenters. The fraction of sp³-hybridized carbons (Fsp3) is 0.421. The first-order valence-electron chi connectivity index (χ1n) is 8.87. The van der Waals surface area contributed by atoms with Crippen molar-refractivity contribution in [3.63, 3.8) is 0 Å². The summed E-state index contributed by atoms with van der Waals surface area (Å²) in [7, 11) is 0. The molecule has 1 aliphatic heterocycles. The number of benzene rings is 1. The summed E-state index contributed by atoms with van der Waals surface area (Å²) in [6.07, 6.45) is 5.22. The molecule has 1 amide bonds. The Balaban J connectivity index is 1.64. The molecule has 0 spiro atoms.